The third-order valence-corrected chi connectivity index (χ3v) is 4.65. The molecular weight excluding hydrogens is 298 g/mol. The number of aliphatic hydroxyl groups excluding tert-OH is 1. The highest BCUT2D eigenvalue weighted by atomic mass is 16.5. The summed E-state index contributed by atoms with van der Waals surface area (Å²) < 4.78 is 7.38. The van der Waals surface area contributed by atoms with Crippen LogP contribution < -0.4 is 5.32 Å². The molecule has 3 heterocycles. The smallest absolute Gasteiger partial charge is 0.317 e. The van der Waals surface area contributed by atoms with Crippen molar-refractivity contribution in [3.8, 4) is 0 Å². The van der Waals surface area contributed by atoms with Crippen LogP contribution in [0, 0.1) is 0 Å². The van der Waals surface area contributed by atoms with Gasteiger partial charge in [-0.1, -0.05) is 6.42 Å². The number of carbonyl (C=O) groups excluding carboxylic acids is 1. The fourth-order valence-corrected chi connectivity index (χ4v) is 3.19. The van der Waals surface area contributed by atoms with Gasteiger partial charge in [-0.3, -0.25) is 0 Å². The maximum absolute atomic E-state index is 12.2. The number of aryl methyl sites for hydroxylation is 1. The largest absolute Gasteiger partial charge is 0.388 e. The van der Waals surface area contributed by atoms with E-state index in [2.05, 4.69) is 20.1 Å². The van der Waals surface area contributed by atoms with Gasteiger partial charge in [0, 0.05) is 33.0 Å². The molecule has 23 heavy (non-hydrogen) atoms. The SMILES string of the molecule is CN(C(=O)NCCc1nnc2n1CCCCC2)[C@@H]1COC[C@H]1O. The van der Waals surface area contributed by atoms with Crippen molar-refractivity contribution in [3.63, 3.8) is 0 Å². The summed E-state index contributed by atoms with van der Waals surface area (Å²) in [5, 5.41) is 21.2. The topological polar surface area (TPSA) is 92.5 Å². The third kappa shape index (κ3) is 3.64. The van der Waals surface area contributed by atoms with Crippen LogP contribution in [-0.2, 0) is 24.1 Å². The van der Waals surface area contributed by atoms with E-state index in [1.165, 1.54) is 17.7 Å². The summed E-state index contributed by atoms with van der Waals surface area (Å²) >= 11 is 0. The normalized spacial score (nSPS) is 24.1. The summed E-state index contributed by atoms with van der Waals surface area (Å²) in [7, 11) is 1.68. The Morgan fingerprint density at radius 2 is 2.26 bits per heavy atom. The van der Waals surface area contributed by atoms with E-state index in [1.807, 2.05) is 0 Å². The highest BCUT2D eigenvalue weighted by Gasteiger charge is 2.32. The zero-order chi connectivity index (χ0) is 16.2. The molecule has 8 nitrogen and oxygen atoms in total. The van der Waals surface area contributed by atoms with Gasteiger partial charge in [0.2, 0.25) is 0 Å². The van der Waals surface area contributed by atoms with E-state index in [9.17, 15) is 9.90 Å². The molecule has 1 fully saturated rings. The van der Waals surface area contributed by atoms with E-state index in [0.29, 0.717) is 19.6 Å². The fourth-order valence-electron chi connectivity index (χ4n) is 3.19. The molecule has 0 aromatic carbocycles. The molecule has 2 atom stereocenters. The van der Waals surface area contributed by atoms with Crippen LogP contribution in [0.4, 0.5) is 4.79 Å². The molecule has 0 unspecified atom stereocenters. The molecule has 0 bridgehead atoms. The molecule has 2 aliphatic heterocycles. The quantitative estimate of drug-likeness (QED) is 0.810. The fraction of sp³-hybridized carbons (Fsp3) is 0.800. The standard InChI is InChI=1S/C15H25N5O3/c1-19(11-9-23-10-12(11)21)15(22)16-7-6-14-18-17-13-5-3-2-4-8-20(13)14/h11-12,21H,2-10H2,1H3,(H,16,22)/t11-,12-/m1/s1. The molecule has 0 spiro atoms. The van der Waals surface area contributed by atoms with Crippen molar-refractivity contribution in [2.45, 2.75) is 50.8 Å². The van der Waals surface area contributed by atoms with Crippen molar-refractivity contribution in [2.24, 2.45) is 0 Å². The summed E-state index contributed by atoms with van der Waals surface area (Å²) in [6.45, 7) is 2.14. The molecule has 0 aliphatic carbocycles. The van der Waals surface area contributed by atoms with E-state index < -0.39 is 6.10 Å². The summed E-state index contributed by atoms with van der Waals surface area (Å²) in [4.78, 5) is 13.7. The molecule has 1 aromatic heterocycles. The van der Waals surface area contributed by atoms with Gasteiger partial charge in [-0.05, 0) is 12.8 Å². The average Bonchev–Trinajstić information content (AvgIpc) is 3.05. The van der Waals surface area contributed by atoms with E-state index in [4.69, 9.17) is 4.74 Å². The predicted octanol–water partition coefficient (Wildman–Crippen LogP) is -0.0519. The van der Waals surface area contributed by atoms with Crippen molar-refractivity contribution in [3.05, 3.63) is 11.6 Å². The van der Waals surface area contributed by atoms with Crippen LogP contribution in [0.15, 0.2) is 0 Å². The Bertz CT molecular complexity index is 547. The van der Waals surface area contributed by atoms with Crippen LogP contribution in [0.3, 0.4) is 0 Å². The van der Waals surface area contributed by atoms with Crippen LogP contribution in [0.25, 0.3) is 0 Å². The number of hydrogen-bond acceptors (Lipinski definition) is 5. The number of amides is 2. The van der Waals surface area contributed by atoms with Gasteiger partial charge >= 0.3 is 6.03 Å². The highest BCUT2D eigenvalue weighted by Crippen LogP contribution is 2.15. The Labute approximate surface area is 135 Å². The number of aliphatic hydroxyl groups is 1. The van der Waals surface area contributed by atoms with Crippen molar-refractivity contribution in [1.29, 1.82) is 0 Å². The van der Waals surface area contributed by atoms with Gasteiger partial charge in [0.05, 0.1) is 25.4 Å². The van der Waals surface area contributed by atoms with Gasteiger partial charge in [0.15, 0.2) is 0 Å². The monoisotopic (exact) mass is 323 g/mol. The number of rotatable bonds is 4. The molecule has 1 saturated heterocycles. The Morgan fingerprint density at radius 3 is 3.04 bits per heavy atom. The van der Waals surface area contributed by atoms with E-state index in [0.717, 1.165) is 31.0 Å². The number of fused-ring (bicyclic) bond motifs is 1. The van der Waals surface area contributed by atoms with E-state index in [1.54, 1.807) is 7.05 Å². The second kappa shape index (κ2) is 7.27. The van der Waals surface area contributed by atoms with Crippen molar-refractivity contribution >= 4 is 6.03 Å². The number of nitrogens with one attached hydrogen (secondary N) is 1. The van der Waals surface area contributed by atoms with Gasteiger partial charge in [0.1, 0.15) is 11.6 Å². The van der Waals surface area contributed by atoms with Gasteiger partial charge in [0.25, 0.3) is 0 Å². The van der Waals surface area contributed by atoms with E-state index in [-0.39, 0.29) is 18.7 Å². The van der Waals surface area contributed by atoms with Crippen LogP contribution in [0.1, 0.15) is 30.9 Å². The Morgan fingerprint density at radius 1 is 1.39 bits per heavy atom. The first kappa shape index (κ1) is 16.2. The Hall–Kier alpha value is -1.67. The molecule has 2 aliphatic rings. The highest BCUT2D eigenvalue weighted by molar-refractivity contribution is 5.74. The molecule has 2 amide bonds. The lowest BCUT2D eigenvalue weighted by molar-refractivity contribution is 0.103. The molecule has 0 radical (unpaired) electrons. The van der Waals surface area contributed by atoms with Crippen LogP contribution in [-0.4, -0.2) is 69.8 Å². The van der Waals surface area contributed by atoms with Gasteiger partial charge in [-0.2, -0.15) is 0 Å². The number of aromatic nitrogens is 3. The number of nitrogens with zero attached hydrogens (tertiary/aromatic N) is 4. The van der Waals surface area contributed by atoms with Crippen molar-refractivity contribution in [2.75, 3.05) is 26.8 Å². The first-order valence-electron chi connectivity index (χ1n) is 8.34. The summed E-state index contributed by atoms with van der Waals surface area (Å²) in [6.07, 6.45) is 4.60. The number of urea groups is 1. The summed E-state index contributed by atoms with van der Waals surface area (Å²) in [5.41, 5.74) is 0. The maximum atomic E-state index is 12.2. The zero-order valence-electron chi connectivity index (χ0n) is 13.6. The van der Waals surface area contributed by atoms with Gasteiger partial charge < -0.3 is 24.6 Å². The number of ether oxygens (including phenoxy) is 1. The minimum absolute atomic E-state index is 0.199. The zero-order valence-corrected chi connectivity index (χ0v) is 13.6. The second-order valence-corrected chi connectivity index (χ2v) is 6.26. The molecule has 0 saturated carbocycles. The summed E-state index contributed by atoms with van der Waals surface area (Å²) in [6, 6.07) is -0.477. The first-order valence-corrected chi connectivity index (χ1v) is 8.34. The molecule has 1 aromatic rings. The first-order chi connectivity index (χ1) is 11.2. The minimum atomic E-state index is -0.613. The number of likely N-dealkylation sites (N-methyl/N-ethyl adjacent to an activating group) is 1. The Kier molecular flexibility index (Phi) is 5.12. The van der Waals surface area contributed by atoms with Crippen molar-refractivity contribution < 1.29 is 14.6 Å². The molecule has 3 rings (SSSR count). The lowest BCUT2D eigenvalue weighted by atomic mass is 10.2. The van der Waals surface area contributed by atoms with Crippen LogP contribution in [0.5, 0.6) is 0 Å². The molecule has 2 N–H and O–H groups in total. The van der Waals surface area contributed by atoms with Crippen LogP contribution in [0.2, 0.25) is 0 Å². The predicted molar refractivity (Wildman–Crippen MR) is 83.1 cm³/mol. The Balaban J connectivity index is 1.49. The van der Waals surface area contributed by atoms with Crippen LogP contribution >= 0.6 is 0 Å². The average molecular weight is 323 g/mol. The number of carbonyl (C=O) groups is 1. The summed E-state index contributed by atoms with van der Waals surface area (Å²) in [5.74, 6) is 2.00. The maximum Gasteiger partial charge on any atom is 0.317 e. The van der Waals surface area contributed by atoms with E-state index >= 15 is 0 Å². The second-order valence-electron chi connectivity index (χ2n) is 6.26. The number of hydrogen-bond donors (Lipinski definition) is 2. The minimum Gasteiger partial charge on any atom is -0.388 e. The lowest BCUT2D eigenvalue weighted by Crippen LogP contribution is -2.48. The third-order valence-electron chi connectivity index (χ3n) is 4.65. The molecular formula is C15H25N5O3. The lowest BCUT2D eigenvalue weighted by Gasteiger charge is -2.25. The van der Waals surface area contributed by atoms with Gasteiger partial charge in [-0.15, -0.1) is 10.2 Å². The molecule has 8 heteroatoms. The molecule has 128 valence electrons. The van der Waals surface area contributed by atoms with Gasteiger partial charge in [-0.25, -0.2) is 4.79 Å². The van der Waals surface area contributed by atoms with Crippen molar-refractivity contribution in [1.82, 2.24) is 25.0 Å².